The number of aliphatic hydroxyl groups excluding tert-OH is 1. The van der Waals surface area contributed by atoms with E-state index in [2.05, 4.69) is 17.1 Å². The summed E-state index contributed by atoms with van der Waals surface area (Å²) in [6.45, 7) is 10.1. The number of fused-ring (bicyclic) bond motifs is 3. The number of imidazole rings is 1. The largest absolute Gasteiger partial charge is 0.390 e. The van der Waals surface area contributed by atoms with Gasteiger partial charge in [-0.15, -0.1) is 12.4 Å². The number of para-hydroxylation sites is 1. The number of halogens is 1. The predicted octanol–water partition coefficient (Wildman–Crippen LogP) is 4.59. The highest BCUT2D eigenvalue weighted by Gasteiger charge is 2.12. The third kappa shape index (κ3) is 4.67. The fraction of sp³-hybridized carbons (Fsp3) is 0.471. The van der Waals surface area contributed by atoms with Crippen LogP contribution in [-0.2, 0) is 11.3 Å². The molecule has 0 atom stereocenters. The van der Waals surface area contributed by atoms with Gasteiger partial charge in [-0.05, 0) is 46.8 Å². The van der Waals surface area contributed by atoms with Crippen LogP contribution in [0.3, 0.4) is 0 Å². The summed E-state index contributed by atoms with van der Waals surface area (Å²) in [4.78, 5) is 5.40. The number of rotatable bonds is 3. The number of ether oxygens (including phenoxy) is 1. The number of aromatic nitrogens is 2. The number of aliphatic hydroxyl groups is 1. The second-order valence-corrected chi connectivity index (χ2v) is 6.73. The Bertz CT molecular complexity index is 744. The molecule has 2 heterocycles. The average molecular weight is 357 g/mol. The number of benzene rings is 1. The van der Waals surface area contributed by atoms with Crippen LogP contribution < -0.4 is 0 Å². The van der Waals surface area contributed by atoms with E-state index < -0.39 is 0 Å². The molecule has 0 aliphatic heterocycles. The molecule has 0 amide bonds. The molecule has 0 saturated carbocycles. The van der Waals surface area contributed by atoms with Crippen molar-refractivity contribution in [1.29, 1.82) is 0 Å². The van der Waals surface area contributed by atoms with Crippen LogP contribution in [0, 0.1) is 6.92 Å². The molecule has 0 radical (unpaired) electrons. The summed E-state index contributed by atoms with van der Waals surface area (Å²) in [5, 5.41) is 9.33. The fourth-order valence-electron chi connectivity index (χ4n) is 2.41. The summed E-state index contributed by atoms with van der Waals surface area (Å²) in [6, 6.07) is 8.15. The van der Waals surface area contributed by atoms with E-state index >= 15 is 0 Å². The van der Waals surface area contributed by atoms with Crippen molar-refractivity contribution in [2.75, 3.05) is 0 Å². The monoisotopic (exact) mass is 356 g/mol. The van der Waals surface area contributed by atoms with Crippen molar-refractivity contribution in [3.63, 3.8) is 0 Å². The van der Waals surface area contributed by atoms with Crippen LogP contribution in [0.25, 0.3) is 15.2 Å². The number of hydrogen-bond acceptors (Lipinski definition) is 4. The minimum atomic E-state index is 0. The SMILES string of the molecule is CC(C)OC(C)C.Cc1nc2sc3ccccc3n2c1CO.Cl. The molecule has 1 aromatic carbocycles. The first kappa shape index (κ1) is 19.9. The van der Waals surface area contributed by atoms with Crippen molar-refractivity contribution in [3.05, 3.63) is 35.7 Å². The molecule has 128 valence electrons. The first-order valence-electron chi connectivity index (χ1n) is 7.55. The molecule has 0 spiro atoms. The number of hydrogen-bond donors (Lipinski definition) is 1. The minimum absolute atomic E-state index is 0. The van der Waals surface area contributed by atoms with Crippen LogP contribution in [0.2, 0.25) is 0 Å². The minimum Gasteiger partial charge on any atom is -0.390 e. The maximum absolute atomic E-state index is 9.33. The molecule has 23 heavy (non-hydrogen) atoms. The lowest BCUT2D eigenvalue weighted by Crippen LogP contribution is -2.09. The molecule has 0 fully saturated rings. The predicted molar refractivity (Wildman–Crippen MR) is 99.8 cm³/mol. The molecule has 0 bridgehead atoms. The Hall–Kier alpha value is -1.14. The zero-order valence-electron chi connectivity index (χ0n) is 14.2. The molecule has 0 unspecified atom stereocenters. The smallest absolute Gasteiger partial charge is 0.195 e. The molecule has 1 N–H and O–H groups in total. The third-order valence-electron chi connectivity index (χ3n) is 3.14. The van der Waals surface area contributed by atoms with Gasteiger partial charge in [-0.3, -0.25) is 4.40 Å². The van der Waals surface area contributed by atoms with Crippen LogP contribution in [-0.4, -0.2) is 26.7 Å². The highest BCUT2D eigenvalue weighted by Crippen LogP contribution is 2.28. The van der Waals surface area contributed by atoms with E-state index in [1.807, 2.05) is 51.2 Å². The molecule has 3 aromatic rings. The second kappa shape index (κ2) is 8.64. The Balaban J connectivity index is 0.000000287. The summed E-state index contributed by atoms with van der Waals surface area (Å²) in [5.74, 6) is 0. The zero-order valence-corrected chi connectivity index (χ0v) is 15.9. The Morgan fingerprint density at radius 3 is 2.30 bits per heavy atom. The van der Waals surface area contributed by atoms with Crippen LogP contribution >= 0.6 is 23.7 Å². The highest BCUT2D eigenvalue weighted by molar-refractivity contribution is 7.23. The van der Waals surface area contributed by atoms with Gasteiger partial charge < -0.3 is 9.84 Å². The summed E-state index contributed by atoms with van der Waals surface area (Å²) < 4.78 is 8.49. The summed E-state index contributed by atoms with van der Waals surface area (Å²) in [5.41, 5.74) is 2.93. The van der Waals surface area contributed by atoms with Gasteiger partial charge in [0, 0.05) is 0 Å². The van der Waals surface area contributed by atoms with Gasteiger partial charge in [-0.1, -0.05) is 23.5 Å². The van der Waals surface area contributed by atoms with Gasteiger partial charge in [0.15, 0.2) is 4.96 Å². The van der Waals surface area contributed by atoms with Crippen molar-refractivity contribution >= 4 is 38.9 Å². The Morgan fingerprint density at radius 1 is 1.17 bits per heavy atom. The van der Waals surface area contributed by atoms with Gasteiger partial charge >= 0.3 is 0 Å². The first-order valence-corrected chi connectivity index (χ1v) is 8.37. The fourth-order valence-corrected chi connectivity index (χ4v) is 3.50. The Labute approximate surface area is 147 Å². The van der Waals surface area contributed by atoms with Crippen LogP contribution in [0.4, 0.5) is 0 Å². The molecular weight excluding hydrogens is 332 g/mol. The lowest BCUT2D eigenvalue weighted by atomic mass is 10.3. The molecule has 0 aliphatic rings. The van der Waals surface area contributed by atoms with Crippen molar-refractivity contribution in [2.45, 2.75) is 53.4 Å². The summed E-state index contributed by atoms with van der Waals surface area (Å²) in [7, 11) is 0. The maximum atomic E-state index is 9.33. The lowest BCUT2D eigenvalue weighted by molar-refractivity contribution is 0.0300. The normalized spacial score (nSPS) is 11.0. The average Bonchev–Trinajstić information content (AvgIpc) is 2.91. The van der Waals surface area contributed by atoms with Gasteiger partial charge in [0.25, 0.3) is 0 Å². The summed E-state index contributed by atoms with van der Waals surface area (Å²) >= 11 is 1.65. The van der Waals surface area contributed by atoms with E-state index in [-0.39, 0.29) is 19.0 Å². The molecule has 2 aromatic heterocycles. The van der Waals surface area contributed by atoms with E-state index in [0.717, 1.165) is 21.9 Å². The van der Waals surface area contributed by atoms with E-state index in [4.69, 9.17) is 4.74 Å². The van der Waals surface area contributed by atoms with Crippen LogP contribution in [0.15, 0.2) is 24.3 Å². The Kier molecular flexibility index (Phi) is 7.48. The van der Waals surface area contributed by atoms with Crippen molar-refractivity contribution in [2.24, 2.45) is 0 Å². The van der Waals surface area contributed by atoms with Crippen LogP contribution in [0.5, 0.6) is 0 Å². The van der Waals surface area contributed by atoms with Crippen LogP contribution in [0.1, 0.15) is 39.1 Å². The van der Waals surface area contributed by atoms with E-state index in [9.17, 15) is 5.11 Å². The quantitative estimate of drug-likeness (QED) is 0.746. The van der Waals surface area contributed by atoms with E-state index in [1.54, 1.807) is 11.3 Å². The number of nitrogens with zero attached hydrogens (tertiary/aromatic N) is 2. The van der Waals surface area contributed by atoms with Crippen molar-refractivity contribution in [1.82, 2.24) is 9.38 Å². The molecule has 6 heteroatoms. The van der Waals surface area contributed by atoms with Gasteiger partial charge in [-0.2, -0.15) is 0 Å². The maximum Gasteiger partial charge on any atom is 0.195 e. The van der Waals surface area contributed by atoms with Gasteiger partial charge in [-0.25, -0.2) is 4.98 Å². The lowest BCUT2D eigenvalue weighted by Gasteiger charge is -2.09. The molecule has 4 nitrogen and oxygen atoms in total. The molecule has 3 rings (SSSR count). The summed E-state index contributed by atoms with van der Waals surface area (Å²) in [6.07, 6.45) is 0.750. The van der Waals surface area contributed by atoms with E-state index in [0.29, 0.717) is 12.2 Å². The topological polar surface area (TPSA) is 46.8 Å². The molecular formula is C17H25ClN2O2S. The van der Waals surface area contributed by atoms with Gasteiger partial charge in [0.1, 0.15) is 0 Å². The van der Waals surface area contributed by atoms with Gasteiger partial charge in [0.05, 0.1) is 40.4 Å². The highest BCUT2D eigenvalue weighted by atomic mass is 35.5. The van der Waals surface area contributed by atoms with Gasteiger partial charge in [0.2, 0.25) is 0 Å². The standard InChI is InChI=1S/C11H10N2OS.C6H14O.ClH/c1-7-9(6-14)13-8-4-2-3-5-10(8)15-11(13)12-7;1-5(2)7-6(3)4;/h2-5,14H,6H2,1H3;5-6H,1-4H3;1H. The molecule has 0 aliphatic carbocycles. The Morgan fingerprint density at radius 2 is 1.78 bits per heavy atom. The zero-order chi connectivity index (χ0) is 16.3. The number of thiazole rings is 1. The first-order chi connectivity index (χ1) is 10.4. The van der Waals surface area contributed by atoms with Crippen molar-refractivity contribution in [3.8, 4) is 0 Å². The van der Waals surface area contributed by atoms with E-state index in [1.165, 1.54) is 4.70 Å². The number of aryl methyl sites for hydroxylation is 1. The van der Waals surface area contributed by atoms with Crippen molar-refractivity contribution < 1.29 is 9.84 Å². The molecule has 0 saturated heterocycles. The third-order valence-corrected chi connectivity index (χ3v) is 4.17. The second-order valence-electron chi connectivity index (χ2n) is 5.72.